The van der Waals surface area contributed by atoms with Gasteiger partial charge in [0.05, 0.1) is 26.0 Å². The maximum Gasteiger partial charge on any atom is 0.118 e. The fourth-order valence-corrected chi connectivity index (χ4v) is 2.50. The molecule has 0 aliphatic rings. The number of allylic oxidation sites excluding steroid dienone is 1. The van der Waals surface area contributed by atoms with Crippen LogP contribution in [0.25, 0.3) is 0 Å². The van der Waals surface area contributed by atoms with Crippen LogP contribution >= 0.6 is 0 Å². The molecule has 1 N–H and O–H groups in total. The molecular weight excluding hydrogens is 290 g/mol. The highest BCUT2D eigenvalue weighted by Crippen LogP contribution is 2.16. The van der Waals surface area contributed by atoms with Gasteiger partial charge >= 0.3 is 0 Å². The van der Waals surface area contributed by atoms with Crippen LogP contribution in [-0.4, -0.2) is 29.8 Å². The van der Waals surface area contributed by atoms with Crippen LogP contribution in [0.4, 0.5) is 0 Å². The number of benzene rings is 1. The van der Waals surface area contributed by atoms with E-state index in [-0.39, 0.29) is 6.10 Å². The number of hydrogen-bond donors (Lipinski definition) is 1. The quantitative estimate of drug-likeness (QED) is 0.680. The lowest BCUT2D eigenvalue weighted by atomic mass is 10.1. The average molecular weight is 315 g/mol. The number of hydrogen-bond acceptors (Lipinski definition) is 4. The molecule has 1 aromatic heterocycles. The van der Waals surface area contributed by atoms with Gasteiger partial charge in [-0.25, -0.2) is 0 Å². The first-order chi connectivity index (χ1) is 11.2. The van der Waals surface area contributed by atoms with Crippen LogP contribution in [0.15, 0.2) is 59.7 Å². The fourth-order valence-electron chi connectivity index (χ4n) is 2.50. The van der Waals surface area contributed by atoms with E-state index in [1.807, 2.05) is 42.5 Å². The van der Waals surface area contributed by atoms with E-state index in [1.165, 1.54) is 5.56 Å². The number of furan rings is 1. The molecule has 4 nitrogen and oxygen atoms in total. The second-order valence-electron chi connectivity index (χ2n) is 5.62. The Bertz CT molecular complexity index is 563. The molecule has 0 saturated heterocycles. The van der Waals surface area contributed by atoms with Gasteiger partial charge < -0.3 is 14.3 Å². The molecule has 0 aliphatic carbocycles. The second-order valence-corrected chi connectivity index (χ2v) is 5.62. The van der Waals surface area contributed by atoms with Crippen LogP contribution in [0.5, 0.6) is 5.75 Å². The summed E-state index contributed by atoms with van der Waals surface area (Å²) >= 11 is 0. The van der Waals surface area contributed by atoms with E-state index < -0.39 is 0 Å². The van der Waals surface area contributed by atoms with Gasteiger partial charge in [-0.15, -0.1) is 6.58 Å². The highest BCUT2D eigenvalue weighted by Gasteiger charge is 2.14. The van der Waals surface area contributed by atoms with Crippen molar-refractivity contribution >= 4 is 0 Å². The Morgan fingerprint density at radius 2 is 2.04 bits per heavy atom. The highest BCUT2D eigenvalue weighted by molar-refractivity contribution is 5.27. The van der Waals surface area contributed by atoms with Crippen molar-refractivity contribution in [2.45, 2.75) is 32.0 Å². The maximum absolute atomic E-state index is 10.2. The second kappa shape index (κ2) is 9.18. The predicted octanol–water partition coefficient (Wildman–Crippen LogP) is 3.62. The van der Waals surface area contributed by atoms with Gasteiger partial charge in [-0.05, 0) is 42.7 Å². The minimum Gasteiger partial charge on any atom is -0.497 e. The highest BCUT2D eigenvalue weighted by atomic mass is 16.5. The molecule has 23 heavy (non-hydrogen) atoms. The monoisotopic (exact) mass is 315 g/mol. The number of nitrogens with zero attached hydrogens (tertiary/aromatic N) is 1. The number of ether oxygens (including phenoxy) is 1. The van der Waals surface area contributed by atoms with Crippen molar-refractivity contribution in [1.29, 1.82) is 0 Å². The molecule has 0 spiro atoms. The van der Waals surface area contributed by atoms with Crippen molar-refractivity contribution in [1.82, 2.24) is 4.90 Å². The lowest BCUT2D eigenvalue weighted by molar-refractivity contribution is 0.0945. The van der Waals surface area contributed by atoms with Crippen LogP contribution in [0.1, 0.15) is 24.2 Å². The first kappa shape index (κ1) is 17.3. The smallest absolute Gasteiger partial charge is 0.118 e. The van der Waals surface area contributed by atoms with Crippen molar-refractivity contribution in [2.75, 3.05) is 13.7 Å². The van der Waals surface area contributed by atoms with Crippen molar-refractivity contribution in [3.05, 3.63) is 66.6 Å². The molecule has 1 aromatic carbocycles. The number of methoxy groups -OCH3 is 1. The van der Waals surface area contributed by atoms with Crippen molar-refractivity contribution in [3.63, 3.8) is 0 Å². The van der Waals surface area contributed by atoms with Gasteiger partial charge in [0.25, 0.3) is 0 Å². The van der Waals surface area contributed by atoms with Gasteiger partial charge in [0.1, 0.15) is 11.5 Å². The number of aliphatic hydroxyl groups is 1. The predicted molar refractivity (Wildman–Crippen MR) is 91.3 cm³/mol. The summed E-state index contributed by atoms with van der Waals surface area (Å²) in [6, 6.07) is 11.8. The van der Waals surface area contributed by atoms with E-state index in [0.717, 1.165) is 30.9 Å². The Hall–Kier alpha value is -2.04. The minimum atomic E-state index is -0.374. The van der Waals surface area contributed by atoms with Crippen LogP contribution in [0, 0.1) is 0 Å². The summed E-state index contributed by atoms with van der Waals surface area (Å²) in [4.78, 5) is 2.19. The van der Waals surface area contributed by atoms with E-state index in [2.05, 4.69) is 11.5 Å². The van der Waals surface area contributed by atoms with E-state index in [0.29, 0.717) is 13.1 Å². The zero-order chi connectivity index (χ0) is 16.5. The van der Waals surface area contributed by atoms with Gasteiger partial charge in [-0.3, -0.25) is 4.90 Å². The Morgan fingerprint density at radius 1 is 1.26 bits per heavy atom. The van der Waals surface area contributed by atoms with E-state index in [9.17, 15) is 5.11 Å². The maximum atomic E-state index is 10.2. The molecule has 0 radical (unpaired) electrons. The van der Waals surface area contributed by atoms with Gasteiger partial charge in [0, 0.05) is 13.1 Å². The van der Waals surface area contributed by atoms with Crippen LogP contribution in [0.3, 0.4) is 0 Å². The minimum absolute atomic E-state index is 0.374. The van der Waals surface area contributed by atoms with Gasteiger partial charge in [0.15, 0.2) is 0 Å². The SMILES string of the molecule is C=CCC[C@H](O)CN(Cc1ccc(OC)cc1)Cc1ccco1. The summed E-state index contributed by atoms with van der Waals surface area (Å²) in [5.74, 6) is 1.74. The average Bonchev–Trinajstić information content (AvgIpc) is 3.06. The summed E-state index contributed by atoms with van der Waals surface area (Å²) < 4.78 is 10.6. The molecule has 0 amide bonds. The van der Waals surface area contributed by atoms with E-state index >= 15 is 0 Å². The molecular formula is C19H25NO3. The Balaban J connectivity index is 2.00. The van der Waals surface area contributed by atoms with Crippen LogP contribution in [-0.2, 0) is 13.1 Å². The third-order valence-electron chi connectivity index (χ3n) is 3.70. The molecule has 0 saturated carbocycles. The molecule has 4 heteroatoms. The largest absolute Gasteiger partial charge is 0.497 e. The number of rotatable bonds is 10. The first-order valence-corrected chi connectivity index (χ1v) is 7.88. The van der Waals surface area contributed by atoms with Gasteiger partial charge in [-0.1, -0.05) is 18.2 Å². The third kappa shape index (κ3) is 5.93. The molecule has 0 bridgehead atoms. The fraction of sp³-hybridized carbons (Fsp3) is 0.368. The topological polar surface area (TPSA) is 45.8 Å². The van der Waals surface area contributed by atoms with Crippen molar-refractivity contribution in [3.8, 4) is 5.75 Å². The Labute approximate surface area is 138 Å². The van der Waals surface area contributed by atoms with E-state index in [1.54, 1.807) is 13.4 Å². The van der Waals surface area contributed by atoms with Crippen molar-refractivity contribution < 1.29 is 14.3 Å². The summed E-state index contributed by atoms with van der Waals surface area (Å²) in [5.41, 5.74) is 1.17. The lowest BCUT2D eigenvalue weighted by Gasteiger charge is -2.24. The normalized spacial score (nSPS) is 12.3. The summed E-state index contributed by atoms with van der Waals surface area (Å²) in [5, 5.41) is 10.2. The van der Waals surface area contributed by atoms with Crippen LogP contribution < -0.4 is 4.74 Å². The molecule has 0 fully saturated rings. The standard InChI is InChI=1S/C19H25NO3/c1-3-4-6-17(21)14-20(15-19-7-5-12-23-19)13-16-8-10-18(22-2)11-9-16/h3,5,7-12,17,21H,1,4,6,13-15H2,2H3/t17-/m0/s1. The van der Waals surface area contributed by atoms with Crippen LogP contribution in [0.2, 0.25) is 0 Å². The third-order valence-corrected chi connectivity index (χ3v) is 3.70. The van der Waals surface area contributed by atoms with Crippen molar-refractivity contribution in [2.24, 2.45) is 0 Å². The first-order valence-electron chi connectivity index (χ1n) is 7.88. The van der Waals surface area contributed by atoms with E-state index in [4.69, 9.17) is 9.15 Å². The van der Waals surface area contributed by atoms with Gasteiger partial charge in [-0.2, -0.15) is 0 Å². The number of aliphatic hydroxyl groups excluding tert-OH is 1. The van der Waals surface area contributed by atoms with Gasteiger partial charge in [0.2, 0.25) is 0 Å². The Kier molecular flexibility index (Phi) is 6.91. The zero-order valence-electron chi connectivity index (χ0n) is 13.6. The molecule has 1 heterocycles. The molecule has 2 rings (SSSR count). The summed E-state index contributed by atoms with van der Waals surface area (Å²) in [6.45, 7) is 5.72. The zero-order valence-corrected chi connectivity index (χ0v) is 13.6. The molecule has 1 atom stereocenters. The molecule has 0 unspecified atom stereocenters. The Morgan fingerprint density at radius 3 is 2.65 bits per heavy atom. The summed E-state index contributed by atoms with van der Waals surface area (Å²) in [7, 11) is 1.66. The molecule has 2 aromatic rings. The lowest BCUT2D eigenvalue weighted by Crippen LogP contribution is -2.31. The summed E-state index contributed by atoms with van der Waals surface area (Å²) in [6.07, 6.45) is 4.68. The molecule has 124 valence electrons. The molecule has 0 aliphatic heterocycles.